The highest BCUT2D eigenvalue weighted by Crippen LogP contribution is 2.26. The van der Waals surface area contributed by atoms with Gasteiger partial charge in [0.15, 0.2) is 0 Å². The molecule has 0 saturated heterocycles. The van der Waals surface area contributed by atoms with Crippen LogP contribution in [0.15, 0.2) is 24.3 Å². The van der Waals surface area contributed by atoms with Crippen LogP contribution in [0.1, 0.15) is 31.7 Å². The van der Waals surface area contributed by atoms with E-state index in [0.717, 1.165) is 37.1 Å². The third-order valence-electron chi connectivity index (χ3n) is 2.63. The Kier molecular flexibility index (Phi) is 6.67. The van der Waals surface area contributed by atoms with E-state index in [9.17, 15) is 0 Å². The number of anilines is 1. The molecule has 0 unspecified atom stereocenters. The van der Waals surface area contributed by atoms with Gasteiger partial charge in [0.25, 0.3) is 0 Å². The van der Waals surface area contributed by atoms with Gasteiger partial charge in [-0.05, 0) is 44.0 Å². The standard InChI is InChI=1S/C14H23N3/c1-2-10-17-11-12(6-5-9-15)13-7-3-4-8-14(13)16/h3-4,7-8,11,17H,2,5-6,9-10,15-16H2,1H3. The number of benzene rings is 1. The predicted octanol–water partition coefficient (Wildman–Crippen LogP) is 2.09. The van der Waals surface area contributed by atoms with Crippen molar-refractivity contribution in [1.29, 1.82) is 0 Å². The van der Waals surface area contributed by atoms with Gasteiger partial charge in [-0.2, -0.15) is 0 Å². The molecule has 0 aliphatic carbocycles. The maximum Gasteiger partial charge on any atom is 0.0353 e. The highest BCUT2D eigenvalue weighted by Gasteiger charge is 2.14. The van der Waals surface area contributed by atoms with Gasteiger partial charge in [0.05, 0.1) is 0 Å². The summed E-state index contributed by atoms with van der Waals surface area (Å²) in [7, 11) is 0. The number of rotatable bonds is 8. The zero-order valence-electron chi connectivity index (χ0n) is 10.6. The molecule has 0 spiro atoms. The van der Waals surface area contributed by atoms with E-state index in [4.69, 9.17) is 11.5 Å². The summed E-state index contributed by atoms with van der Waals surface area (Å²) in [6, 6.07) is 7.97. The molecule has 17 heavy (non-hydrogen) atoms. The minimum absolute atomic E-state index is 0.706. The summed E-state index contributed by atoms with van der Waals surface area (Å²) in [6.45, 7) is 5.92. The van der Waals surface area contributed by atoms with Crippen molar-refractivity contribution in [2.75, 3.05) is 18.8 Å². The lowest BCUT2D eigenvalue weighted by Gasteiger charge is -2.18. The van der Waals surface area contributed by atoms with E-state index >= 15 is 0 Å². The maximum atomic E-state index is 6.00. The molecule has 1 rings (SSSR count). The van der Waals surface area contributed by atoms with Crippen LogP contribution in [0.4, 0.5) is 5.69 Å². The fourth-order valence-electron chi connectivity index (χ4n) is 1.71. The SMILES string of the molecule is CCCN[CH][C](CCCN)c1ccccc1N. The summed E-state index contributed by atoms with van der Waals surface area (Å²) >= 11 is 0. The van der Waals surface area contributed by atoms with E-state index in [-0.39, 0.29) is 0 Å². The summed E-state index contributed by atoms with van der Waals surface area (Å²) in [6.07, 6.45) is 3.06. The average Bonchev–Trinajstić information content (AvgIpc) is 2.35. The molecule has 0 fully saturated rings. The fraction of sp³-hybridized carbons (Fsp3) is 0.429. The van der Waals surface area contributed by atoms with Gasteiger partial charge in [-0.1, -0.05) is 25.1 Å². The quantitative estimate of drug-likeness (QED) is 0.476. The molecule has 5 N–H and O–H groups in total. The van der Waals surface area contributed by atoms with E-state index in [0.29, 0.717) is 6.54 Å². The number of hydrogen-bond acceptors (Lipinski definition) is 3. The zero-order chi connectivity index (χ0) is 12.5. The van der Waals surface area contributed by atoms with Crippen molar-refractivity contribution >= 4 is 5.69 Å². The van der Waals surface area contributed by atoms with E-state index < -0.39 is 0 Å². The van der Waals surface area contributed by atoms with Crippen molar-refractivity contribution in [1.82, 2.24) is 5.32 Å². The highest BCUT2D eigenvalue weighted by atomic mass is 14.9. The van der Waals surface area contributed by atoms with Crippen LogP contribution in [0.3, 0.4) is 0 Å². The van der Waals surface area contributed by atoms with Gasteiger partial charge in [-0.3, -0.25) is 0 Å². The summed E-state index contributed by atoms with van der Waals surface area (Å²) in [5.74, 6) is 1.24. The van der Waals surface area contributed by atoms with Gasteiger partial charge in [-0.25, -0.2) is 0 Å². The largest absolute Gasteiger partial charge is 0.398 e. The number of nitrogens with two attached hydrogens (primary N) is 2. The lowest BCUT2D eigenvalue weighted by molar-refractivity contribution is 0.705. The van der Waals surface area contributed by atoms with Crippen LogP contribution in [0.2, 0.25) is 0 Å². The van der Waals surface area contributed by atoms with Gasteiger partial charge in [0.2, 0.25) is 0 Å². The molecule has 0 bridgehead atoms. The number of hydrogen-bond donors (Lipinski definition) is 3. The van der Waals surface area contributed by atoms with Crippen LogP contribution >= 0.6 is 0 Å². The fourth-order valence-corrected chi connectivity index (χ4v) is 1.71. The molecule has 1 aromatic carbocycles. The van der Waals surface area contributed by atoms with Crippen LogP contribution in [-0.4, -0.2) is 13.1 Å². The first-order chi connectivity index (χ1) is 8.29. The van der Waals surface area contributed by atoms with E-state index in [2.05, 4.69) is 24.9 Å². The maximum absolute atomic E-state index is 6.00. The molecule has 1 aromatic rings. The Bertz CT molecular complexity index is 312. The number of para-hydroxylation sites is 1. The van der Waals surface area contributed by atoms with Crippen LogP contribution in [0.25, 0.3) is 0 Å². The van der Waals surface area contributed by atoms with Gasteiger partial charge < -0.3 is 16.8 Å². The second-order valence-electron chi connectivity index (χ2n) is 4.10. The van der Waals surface area contributed by atoms with Crippen LogP contribution in [0.5, 0.6) is 0 Å². The second-order valence-corrected chi connectivity index (χ2v) is 4.10. The summed E-state index contributed by atoms with van der Waals surface area (Å²) in [5.41, 5.74) is 13.5. The Morgan fingerprint density at radius 2 is 2.12 bits per heavy atom. The predicted molar refractivity (Wildman–Crippen MR) is 74.1 cm³/mol. The van der Waals surface area contributed by atoms with Crippen molar-refractivity contribution < 1.29 is 0 Å². The molecular formula is C14H23N3. The van der Waals surface area contributed by atoms with Crippen molar-refractivity contribution in [3.05, 3.63) is 42.3 Å². The van der Waals surface area contributed by atoms with Crippen molar-refractivity contribution in [2.45, 2.75) is 26.2 Å². The topological polar surface area (TPSA) is 64.1 Å². The number of nitrogen functional groups attached to an aromatic ring is 1. The van der Waals surface area contributed by atoms with Gasteiger partial charge in [0, 0.05) is 18.2 Å². The Morgan fingerprint density at radius 1 is 1.35 bits per heavy atom. The summed E-state index contributed by atoms with van der Waals surface area (Å²) in [5, 5.41) is 3.31. The third kappa shape index (κ3) is 4.75. The second kappa shape index (κ2) is 8.09. The van der Waals surface area contributed by atoms with Crippen molar-refractivity contribution in [2.24, 2.45) is 5.73 Å². The van der Waals surface area contributed by atoms with Crippen LogP contribution < -0.4 is 16.8 Å². The molecule has 94 valence electrons. The average molecular weight is 233 g/mol. The molecule has 0 aromatic heterocycles. The Labute approximate surface area is 105 Å². The van der Waals surface area contributed by atoms with Gasteiger partial charge in [-0.15, -0.1) is 0 Å². The van der Waals surface area contributed by atoms with E-state index in [1.165, 1.54) is 5.92 Å². The molecule has 2 radical (unpaired) electrons. The molecule has 3 heteroatoms. The monoisotopic (exact) mass is 233 g/mol. The summed E-state index contributed by atoms with van der Waals surface area (Å²) < 4.78 is 0. The molecule has 0 saturated carbocycles. The van der Waals surface area contributed by atoms with Gasteiger partial charge >= 0.3 is 0 Å². The smallest absolute Gasteiger partial charge is 0.0353 e. The van der Waals surface area contributed by atoms with Gasteiger partial charge in [0.1, 0.15) is 0 Å². The molecule has 0 amide bonds. The summed E-state index contributed by atoms with van der Waals surface area (Å²) in [4.78, 5) is 0. The van der Waals surface area contributed by atoms with Crippen LogP contribution in [-0.2, 0) is 0 Å². The van der Waals surface area contributed by atoms with Crippen molar-refractivity contribution in [3.8, 4) is 0 Å². The lowest BCUT2D eigenvalue weighted by atomic mass is 9.92. The molecular weight excluding hydrogens is 210 g/mol. The third-order valence-corrected chi connectivity index (χ3v) is 2.63. The van der Waals surface area contributed by atoms with Crippen molar-refractivity contribution in [3.63, 3.8) is 0 Å². The van der Waals surface area contributed by atoms with E-state index in [1.54, 1.807) is 0 Å². The Balaban J connectivity index is 2.64. The highest BCUT2D eigenvalue weighted by molar-refractivity contribution is 5.55. The molecule has 3 nitrogen and oxygen atoms in total. The minimum Gasteiger partial charge on any atom is -0.398 e. The molecule has 0 aliphatic rings. The van der Waals surface area contributed by atoms with E-state index in [1.807, 2.05) is 18.2 Å². The molecule has 0 heterocycles. The Hall–Kier alpha value is -1.06. The Morgan fingerprint density at radius 3 is 2.76 bits per heavy atom. The lowest BCUT2D eigenvalue weighted by Crippen LogP contribution is -2.19. The normalized spacial score (nSPS) is 11.0. The zero-order valence-corrected chi connectivity index (χ0v) is 10.6. The number of nitrogens with one attached hydrogen (secondary N) is 1. The first-order valence-corrected chi connectivity index (χ1v) is 6.27. The minimum atomic E-state index is 0.706. The first kappa shape index (κ1) is 14.0. The first-order valence-electron chi connectivity index (χ1n) is 6.27. The van der Waals surface area contributed by atoms with Crippen LogP contribution in [0, 0.1) is 12.5 Å². The molecule has 0 atom stereocenters. The molecule has 0 aliphatic heterocycles.